The van der Waals surface area contributed by atoms with Gasteiger partial charge in [-0.1, -0.05) is 0 Å². The Hall–Kier alpha value is -2.12. The maximum absolute atomic E-state index is 11.7. The molecule has 0 saturated heterocycles. The average molecular weight is 226 g/mol. The van der Waals surface area contributed by atoms with Crippen molar-refractivity contribution in [3.63, 3.8) is 0 Å². The molecule has 0 aromatic carbocycles. The number of nitrogen functional groups attached to an aromatic ring is 1. The van der Waals surface area contributed by atoms with Crippen LogP contribution in [0.3, 0.4) is 0 Å². The number of anilines is 1. The number of nitrogens with one attached hydrogen (secondary N) is 2. The summed E-state index contributed by atoms with van der Waals surface area (Å²) in [5.41, 5.74) is 5.27. The highest BCUT2D eigenvalue weighted by atomic mass is 16.2. The molecule has 0 radical (unpaired) electrons. The van der Waals surface area contributed by atoms with E-state index in [-0.39, 0.29) is 30.0 Å². The number of aromatic nitrogens is 3. The second kappa shape index (κ2) is 5.10. The van der Waals surface area contributed by atoms with Gasteiger partial charge in [-0.05, 0) is 0 Å². The van der Waals surface area contributed by atoms with Gasteiger partial charge in [0, 0.05) is 27.1 Å². The summed E-state index contributed by atoms with van der Waals surface area (Å²) >= 11 is 0. The molecule has 88 valence electrons. The Labute approximate surface area is 92.2 Å². The van der Waals surface area contributed by atoms with Gasteiger partial charge in [-0.15, -0.1) is 5.10 Å². The zero-order chi connectivity index (χ0) is 12.1. The van der Waals surface area contributed by atoms with E-state index < -0.39 is 0 Å². The quantitative estimate of drug-likeness (QED) is 0.583. The smallest absolute Gasteiger partial charge is 0.290 e. The number of nitrogens with two attached hydrogens (primary N) is 1. The number of hydrogen-bond donors (Lipinski definition) is 3. The first-order valence-corrected chi connectivity index (χ1v) is 4.68. The maximum atomic E-state index is 11.7. The minimum absolute atomic E-state index is 0.0167. The van der Waals surface area contributed by atoms with Crippen LogP contribution >= 0.6 is 0 Å². The number of rotatable bonds is 4. The molecule has 0 atom stereocenters. The van der Waals surface area contributed by atoms with Gasteiger partial charge in [0.05, 0.1) is 0 Å². The van der Waals surface area contributed by atoms with Gasteiger partial charge >= 0.3 is 0 Å². The van der Waals surface area contributed by atoms with Gasteiger partial charge in [0.2, 0.25) is 17.7 Å². The Morgan fingerprint density at radius 2 is 2.25 bits per heavy atom. The summed E-state index contributed by atoms with van der Waals surface area (Å²) in [6.45, 7) is 0.305. The predicted molar refractivity (Wildman–Crippen MR) is 56.4 cm³/mol. The molecule has 1 aromatic heterocycles. The number of carbonyl (C=O) groups excluding carboxylic acids is 2. The second-order valence-electron chi connectivity index (χ2n) is 3.19. The lowest BCUT2D eigenvalue weighted by molar-refractivity contribution is -0.120. The van der Waals surface area contributed by atoms with Crippen molar-refractivity contribution in [2.75, 3.05) is 26.4 Å². The zero-order valence-electron chi connectivity index (χ0n) is 9.15. The van der Waals surface area contributed by atoms with Crippen molar-refractivity contribution in [3.05, 3.63) is 5.82 Å². The van der Waals surface area contributed by atoms with E-state index in [1.54, 1.807) is 14.1 Å². The van der Waals surface area contributed by atoms with Gasteiger partial charge in [0.1, 0.15) is 0 Å². The Bertz CT molecular complexity index is 388. The van der Waals surface area contributed by atoms with Gasteiger partial charge in [0.25, 0.3) is 5.91 Å². The molecule has 1 aromatic rings. The van der Waals surface area contributed by atoms with Crippen molar-refractivity contribution in [1.29, 1.82) is 0 Å². The summed E-state index contributed by atoms with van der Waals surface area (Å²) in [5.74, 6) is -0.398. The Kier molecular flexibility index (Phi) is 3.81. The highest BCUT2D eigenvalue weighted by Crippen LogP contribution is 1.99. The Morgan fingerprint density at radius 1 is 1.56 bits per heavy atom. The van der Waals surface area contributed by atoms with Crippen LogP contribution < -0.4 is 11.1 Å². The van der Waals surface area contributed by atoms with Crippen molar-refractivity contribution >= 4 is 17.8 Å². The normalized spacial score (nSPS) is 9.88. The highest BCUT2D eigenvalue weighted by Gasteiger charge is 2.16. The SMILES string of the molecule is CNC(=O)CCN(C)C(=O)c1nc(N)n[nH]1. The topological polar surface area (TPSA) is 117 Å². The number of H-pyrrole nitrogens is 1. The fourth-order valence-corrected chi connectivity index (χ4v) is 1.05. The van der Waals surface area contributed by atoms with Crippen LogP contribution in [0, 0.1) is 0 Å². The van der Waals surface area contributed by atoms with Gasteiger partial charge < -0.3 is 16.0 Å². The Morgan fingerprint density at radius 3 is 2.75 bits per heavy atom. The van der Waals surface area contributed by atoms with Gasteiger partial charge in [-0.3, -0.25) is 14.7 Å². The number of amides is 2. The summed E-state index contributed by atoms with van der Waals surface area (Å²) in [7, 11) is 3.12. The van der Waals surface area contributed by atoms with Gasteiger partial charge in [0.15, 0.2) is 0 Å². The lowest BCUT2D eigenvalue weighted by Gasteiger charge is -2.14. The minimum atomic E-state index is -0.354. The number of hydrogen-bond acceptors (Lipinski definition) is 5. The monoisotopic (exact) mass is 226 g/mol. The third-order valence-corrected chi connectivity index (χ3v) is 2.01. The van der Waals surface area contributed by atoms with E-state index in [2.05, 4.69) is 20.5 Å². The molecule has 1 heterocycles. The Balaban J connectivity index is 2.51. The lowest BCUT2D eigenvalue weighted by atomic mass is 10.3. The molecule has 16 heavy (non-hydrogen) atoms. The van der Waals surface area contributed by atoms with Gasteiger partial charge in [-0.25, -0.2) is 0 Å². The molecular weight excluding hydrogens is 212 g/mol. The molecule has 0 aliphatic carbocycles. The molecule has 0 aliphatic heterocycles. The number of aromatic amines is 1. The van der Waals surface area contributed by atoms with Crippen LogP contribution in [-0.2, 0) is 4.79 Å². The largest absolute Gasteiger partial charge is 0.366 e. The van der Waals surface area contributed by atoms with Crippen molar-refractivity contribution in [3.8, 4) is 0 Å². The number of carbonyl (C=O) groups is 2. The second-order valence-corrected chi connectivity index (χ2v) is 3.19. The summed E-state index contributed by atoms with van der Waals surface area (Å²) in [4.78, 5) is 27.7. The van der Waals surface area contributed by atoms with Gasteiger partial charge in [-0.2, -0.15) is 4.98 Å². The summed E-state index contributed by atoms with van der Waals surface area (Å²) in [6, 6.07) is 0. The average Bonchev–Trinajstić information content (AvgIpc) is 2.71. The molecule has 8 heteroatoms. The lowest BCUT2D eigenvalue weighted by Crippen LogP contribution is -2.32. The fraction of sp³-hybridized carbons (Fsp3) is 0.500. The molecule has 0 saturated carbocycles. The summed E-state index contributed by atoms with van der Waals surface area (Å²) in [5, 5.41) is 8.43. The van der Waals surface area contributed by atoms with Crippen LogP contribution in [0.2, 0.25) is 0 Å². The van der Waals surface area contributed by atoms with E-state index in [4.69, 9.17) is 5.73 Å². The maximum Gasteiger partial charge on any atom is 0.290 e. The minimum Gasteiger partial charge on any atom is -0.366 e. The summed E-state index contributed by atoms with van der Waals surface area (Å²) in [6.07, 6.45) is 0.238. The standard InChI is InChI=1S/C8H14N6O2/c1-10-5(15)3-4-14(2)7(16)6-11-8(9)13-12-6/h3-4H2,1-2H3,(H,10,15)(H3,9,11,12,13). The van der Waals surface area contributed by atoms with Crippen LogP contribution in [0.15, 0.2) is 0 Å². The molecule has 0 bridgehead atoms. The van der Waals surface area contributed by atoms with Crippen molar-refractivity contribution in [2.45, 2.75) is 6.42 Å². The van der Waals surface area contributed by atoms with E-state index in [1.807, 2.05) is 0 Å². The van der Waals surface area contributed by atoms with E-state index in [0.717, 1.165) is 0 Å². The van der Waals surface area contributed by atoms with Crippen LogP contribution in [-0.4, -0.2) is 52.5 Å². The molecule has 0 aliphatic rings. The van der Waals surface area contributed by atoms with E-state index >= 15 is 0 Å². The van der Waals surface area contributed by atoms with Crippen molar-refractivity contribution in [2.24, 2.45) is 0 Å². The third-order valence-electron chi connectivity index (χ3n) is 2.01. The number of nitrogens with zero attached hydrogens (tertiary/aromatic N) is 3. The molecule has 8 nitrogen and oxygen atoms in total. The zero-order valence-corrected chi connectivity index (χ0v) is 9.15. The first kappa shape index (κ1) is 12.0. The first-order valence-electron chi connectivity index (χ1n) is 4.68. The first-order chi connectivity index (χ1) is 7.54. The predicted octanol–water partition coefficient (Wildman–Crippen LogP) is -1.40. The van der Waals surface area contributed by atoms with Crippen LogP contribution in [0.25, 0.3) is 0 Å². The van der Waals surface area contributed by atoms with Crippen LogP contribution in [0.1, 0.15) is 17.0 Å². The molecule has 0 unspecified atom stereocenters. The van der Waals surface area contributed by atoms with E-state index in [9.17, 15) is 9.59 Å². The molecule has 2 amide bonds. The van der Waals surface area contributed by atoms with Crippen LogP contribution in [0.5, 0.6) is 0 Å². The summed E-state index contributed by atoms with van der Waals surface area (Å²) < 4.78 is 0. The van der Waals surface area contributed by atoms with Crippen molar-refractivity contribution < 1.29 is 9.59 Å². The molecular formula is C8H14N6O2. The van der Waals surface area contributed by atoms with Crippen LogP contribution in [0.4, 0.5) is 5.95 Å². The van der Waals surface area contributed by atoms with E-state index in [0.29, 0.717) is 6.54 Å². The highest BCUT2D eigenvalue weighted by molar-refractivity contribution is 5.90. The molecule has 1 rings (SSSR count). The van der Waals surface area contributed by atoms with E-state index in [1.165, 1.54) is 4.90 Å². The molecule has 0 fully saturated rings. The fourth-order valence-electron chi connectivity index (χ4n) is 1.05. The van der Waals surface area contributed by atoms with Crippen molar-refractivity contribution in [1.82, 2.24) is 25.4 Å². The third kappa shape index (κ3) is 2.94. The molecule has 4 N–H and O–H groups in total. The molecule has 0 spiro atoms.